The number of allylic oxidation sites excluding steroid dienone is 12. The molecule has 0 spiro atoms. The Morgan fingerprint density at radius 1 is 0.610 bits per heavy atom. The van der Waals surface area contributed by atoms with Gasteiger partial charge in [0.15, 0.2) is 0 Å². The van der Waals surface area contributed by atoms with E-state index in [9.17, 15) is 9.90 Å². The monoisotopic (exact) mass is 570 g/mol. The van der Waals surface area contributed by atoms with Crippen molar-refractivity contribution in [2.24, 2.45) is 0 Å². The second-order valence-corrected chi connectivity index (χ2v) is 10.5. The molecule has 0 bridgehead atoms. The number of unbranched alkanes of at least 4 members (excludes halogenated alkanes) is 9. The summed E-state index contributed by atoms with van der Waals surface area (Å²) in [5.74, 6) is -0.248. The minimum absolute atomic E-state index is 0.193. The van der Waals surface area contributed by atoms with Crippen LogP contribution in [0.25, 0.3) is 0 Å². The molecule has 0 aliphatic heterocycles. The standard InChI is InChI=1S/C37H62O4/c1-3-5-7-9-11-13-14-15-16-17-18-19-20-21-22-23-24-25-26-28-30-32-37(39)41-36(34-38)35-40-33-31-29-27-12-10-8-6-4-2/h5,7,11,13,15-16,18-19,21-22,24-25,36,38H,3-4,6,8-10,12,14,17,20,23,26-35H2,1-2H3/b7-5-,13-11-,16-15-,19-18-,22-21-,25-24-. The Balaban J connectivity index is 3.64. The summed E-state index contributed by atoms with van der Waals surface area (Å²) in [4.78, 5) is 12.1. The van der Waals surface area contributed by atoms with Crippen molar-refractivity contribution in [3.8, 4) is 0 Å². The third kappa shape index (κ3) is 32.2. The van der Waals surface area contributed by atoms with E-state index in [-0.39, 0.29) is 19.2 Å². The molecule has 1 N–H and O–H groups in total. The van der Waals surface area contributed by atoms with Crippen LogP contribution in [0, 0.1) is 0 Å². The SMILES string of the molecule is CC/C=C\C/C=C\C/C=C\C/C=C\C/C=C\C/C=C\CCCCC(=O)OC(CO)COCCCCCCCCCC. The first-order valence-corrected chi connectivity index (χ1v) is 16.5. The van der Waals surface area contributed by atoms with E-state index in [1.54, 1.807) is 0 Å². The lowest BCUT2D eigenvalue weighted by molar-refractivity contribution is -0.154. The molecule has 4 heteroatoms. The maximum absolute atomic E-state index is 12.1. The predicted molar refractivity (Wildman–Crippen MR) is 177 cm³/mol. The van der Waals surface area contributed by atoms with Crippen molar-refractivity contribution in [1.29, 1.82) is 0 Å². The summed E-state index contributed by atoms with van der Waals surface area (Å²) < 4.78 is 11.0. The van der Waals surface area contributed by atoms with Gasteiger partial charge in [-0.05, 0) is 64.2 Å². The molecule has 0 aliphatic carbocycles. The number of aliphatic hydroxyl groups excluding tert-OH is 1. The fraction of sp³-hybridized carbons (Fsp3) is 0.649. The molecule has 0 aromatic heterocycles. The Labute approximate surface area is 253 Å². The molecule has 0 aliphatic rings. The molecule has 0 amide bonds. The molecule has 0 saturated carbocycles. The van der Waals surface area contributed by atoms with Crippen LogP contribution in [0.3, 0.4) is 0 Å². The van der Waals surface area contributed by atoms with Crippen molar-refractivity contribution in [2.75, 3.05) is 19.8 Å². The minimum atomic E-state index is -0.556. The summed E-state index contributed by atoms with van der Waals surface area (Å²) in [7, 11) is 0. The first kappa shape index (κ1) is 38.8. The topological polar surface area (TPSA) is 55.8 Å². The van der Waals surface area contributed by atoms with Gasteiger partial charge in [-0.25, -0.2) is 0 Å². The van der Waals surface area contributed by atoms with Crippen LogP contribution in [0.4, 0.5) is 0 Å². The molecule has 41 heavy (non-hydrogen) atoms. The van der Waals surface area contributed by atoms with Crippen LogP contribution in [-0.4, -0.2) is 37.0 Å². The Bertz CT molecular complexity index is 729. The van der Waals surface area contributed by atoms with Gasteiger partial charge in [0.25, 0.3) is 0 Å². The molecule has 0 aromatic carbocycles. The fourth-order valence-electron chi connectivity index (χ4n) is 4.09. The van der Waals surface area contributed by atoms with E-state index < -0.39 is 6.10 Å². The van der Waals surface area contributed by atoms with Gasteiger partial charge < -0.3 is 14.6 Å². The summed E-state index contributed by atoms with van der Waals surface area (Å²) in [6, 6.07) is 0. The Hall–Kier alpha value is -2.17. The lowest BCUT2D eigenvalue weighted by Crippen LogP contribution is -2.27. The van der Waals surface area contributed by atoms with Crippen LogP contribution in [0.5, 0.6) is 0 Å². The van der Waals surface area contributed by atoms with Gasteiger partial charge in [-0.15, -0.1) is 0 Å². The summed E-state index contributed by atoms with van der Waals surface area (Å²) in [5, 5.41) is 9.48. The number of aliphatic hydroxyl groups is 1. The van der Waals surface area contributed by atoms with Crippen molar-refractivity contribution in [3.63, 3.8) is 0 Å². The second-order valence-electron chi connectivity index (χ2n) is 10.5. The molecule has 0 aromatic rings. The predicted octanol–water partition coefficient (Wildman–Crippen LogP) is 10.3. The highest BCUT2D eigenvalue weighted by Crippen LogP contribution is 2.09. The Kier molecular flexibility index (Phi) is 32.2. The van der Waals surface area contributed by atoms with Crippen molar-refractivity contribution < 1.29 is 19.4 Å². The summed E-state index contributed by atoms with van der Waals surface area (Å²) in [5.41, 5.74) is 0. The van der Waals surface area contributed by atoms with Gasteiger partial charge in [0.2, 0.25) is 0 Å². The van der Waals surface area contributed by atoms with Gasteiger partial charge in [-0.2, -0.15) is 0 Å². The first-order valence-electron chi connectivity index (χ1n) is 16.5. The highest BCUT2D eigenvalue weighted by molar-refractivity contribution is 5.69. The van der Waals surface area contributed by atoms with Gasteiger partial charge in [-0.3, -0.25) is 4.79 Å². The van der Waals surface area contributed by atoms with Crippen molar-refractivity contribution >= 4 is 5.97 Å². The molecule has 0 rings (SSSR count). The molecule has 0 radical (unpaired) electrons. The Morgan fingerprint density at radius 2 is 1.10 bits per heavy atom. The number of carbonyl (C=O) groups is 1. The summed E-state index contributed by atoms with van der Waals surface area (Å²) in [6.07, 6.45) is 45.1. The van der Waals surface area contributed by atoms with Crippen LogP contribution in [0.2, 0.25) is 0 Å². The van der Waals surface area contributed by atoms with Gasteiger partial charge in [-0.1, -0.05) is 132 Å². The molecule has 0 fully saturated rings. The number of carbonyl (C=O) groups excluding carboxylic acids is 1. The van der Waals surface area contributed by atoms with Crippen LogP contribution in [-0.2, 0) is 14.3 Å². The quantitative estimate of drug-likeness (QED) is 0.0552. The molecule has 0 saturated heterocycles. The molecule has 1 atom stereocenters. The maximum Gasteiger partial charge on any atom is 0.306 e. The van der Waals surface area contributed by atoms with Crippen molar-refractivity contribution in [1.82, 2.24) is 0 Å². The van der Waals surface area contributed by atoms with Crippen molar-refractivity contribution in [3.05, 3.63) is 72.9 Å². The third-order valence-corrected chi connectivity index (χ3v) is 6.55. The summed E-state index contributed by atoms with van der Waals surface area (Å²) in [6.45, 7) is 5.14. The average molecular weight is 571 g/mol. The zero-order chi connectivity index (χ0) is 29.9. The lowest BCUT2D eigenvalue weighted by Gasteiger charge is -2.15. The van der Waals surface area contributed by atoms with E-state index in [1.807, 2.05) is 0 Å². The number of esters is 1. The zero-order valence-electron chi connectivity index (χ0n) is 26.5. The van der Waals surface area contributed by atoms with E-state index in [1.165, 1.54) is 44.9 Å². The molecular weight excluding hydrogens is 508 g/mol. The largest absolute Gasteiger partial charge is 0.457 e. The third-order valence-electron chi connectivity index (χ3n) is 6.55. The van der Waals surface area contributed by atoms with E-state index in [0.29, 0.717) is 13.0 Å². The normalized spacial score (nSPS) is 13.3. The van der Waals surface area contributed by atoms with Gasteiger partial charge in [0.1, 0.15) is 6.10 Å². The molecule has 4 nitrogen and oxygen atoms in total. The smallest absolute Gasteiger partial charge is 0.306 e. The van der Waals surface area contributed by atoms with Crippen LogP contribution >= 0.6 is 0 Å². The Morgan fingerprint density at radius 3 is 1.61 bits per heavy atom. The van der Waals surface area contributed by atoms with E-state index in [2.05, 4.69) is 86.8 Å². The fourth-order valence-corrected chi connectivity index (χ4v) is 4.09. The van der Waals surface area contributed by atoms with E-state index in [0.717, 1.165) is 64.2 Å². The molecular formula is C37H62O4. The average Bonchev–Trinajstić information content (AvgIpc) is 2.98. The van der Waals surface area contributed by atoms with Gasteiger partial charge in [0.05, 0.1) is 13.2 Å². The zero-order valence-corrected chi connectivity index (χ0v) is 26.5. The maximum atomic E-state index is 12.1. The lowest BCUT2D eigenvalue weighted by atomic mass is 10.1. The number of hydrogen-bond donors (Lipinski definition) is 1. The highest BCUT2D eigenvalue weighted by Gasteiger charge is 2.13. The number of rotatable bonds is 29. The van der Waals surface area contributed by atoms with Crippen LogP contribution in [0.15, 0.2) is 72.9 Å². The van der Waals surface area contributed by atoms with Gasteiger partial charge >= 0.3 is 5.97 Å². The molecule has 1 unspecified atom stereocenters. The minimum Gasteiger partial charge on any atom is -0.457 e. The first-order chi connectivity index (χ1) is 20.2. The van der Waals surface area contributed by atoms with Gasteiger partial charge in [0, 0.05) is 13.0 Å². The highest BCUT2D eigenvalue weighted by atomic mass is 16.6. The molecule has 234 valence electrons. The van der Waals surface area contributed by atoms with Crippen LogP contribution in [0.1, 0.15) is 129 Å². The second kappa shape index (κ2) is 34.0. The van der Waals surface area contributed by atoms with E-state index >= 15 is 0 Å². The van der Waals surface area contributed by atoms with Crippen molar-refractivity contribution in [2.45, 2.75) is 136 Å². The number of hydrogen-bond acceptors (Lipinski definition) is 4. The van der Waals surface area contributed by atoms with Crippen LogP contribution < -0.4 is 0 Å². The summed E-state index contributed by atoms with van der Waals surface area (Å²) >= 11 is 0. The molecule has 0 heterocycles. The number of ether oxygens (including phenoxy) is 2. The van der Waals surface area contributed by atoms with E-state index in [4.69, 9.17) is 9.47 Å².